The van der Waals surface area contributed by atoms with Crippen LogP contribution in [0.25, 0.3) is 0 Å². The first kappa shape index (κ1) is 15.5. The van der Waals surface area contributed by atoms with Gasteiger partial charge < -0.3 is 25.3 Å². The molecule has 0 radical (unpaired) electrons. The Morgan fingerprint density at radius 1 is 1.00 bits per heavy atom. The van der Waals surface area contributed by atoms with Crippen LogP contribution >= 0.6 is 15.2 Å². The fourth-order valence-electron chi connectivity index (χ4n) is 1.43. The van der Waals surface area contributed by atoms with E-state index < -0.39 is 26.6 Å². The van der Waals surface area contributed by atoms with Crippen molar-refractivity contribution in [3.63, 3.8) is 0 Å². The zero-order valence-corrected chi connectivity index (χ0v) is 11.2. The van der Waals surface area contributed by atoms with E-state index in [1.54, 1.807) is 30.3 Å². The Labute approximate surface area is 104 Å². The lowest BCUT2D eigenvalue weighted by Crippen LogP contribution is -2.39. The molecule has 1 aromatic carbocycles. The molecule has 0 spiro atoms. The molecule has 102 valence electrons. The molecule has 0 aromatic heterocycles. The number of nitrogens with two attached hydrogens (primary N) is 1. The van der Waals surface area contributed by atoms with Crippen LogP contribution in [-0.2, 0) is 15.6 Å². The summed E-state index contributed by atoms with van der Waals surface area (Å²) in [4.78, 5) is 36.2. The van der Waals surface area contributed by atoms with Gasteiger partial charge in [-0.15, -0.1) is 0 Å². The molecule has 0 aliphatic rings. The van der Waals surface area contributed by atoms with E-state index in [0.717, 1.165) is 0 Å². The fraction of sp³-hybridized carbons (Fsp3) is 0.333. The summed E-state index contributed by atoms with van der Waals surface area (Å²) in [5.74, 6) is 0. The Bertz CT molecular complexity index is 471. The standard InChI is InChI=1S/C9H15NO6P2/c10-9(17(11,12)13,18(14,15)16)7-6-8-4-2-1-3-5-8/h1-5H,6-7,10H2,(H2,11,12,13)(H2,14,15,16). The molecule has 0 saturated heterocycles. The number of aryl methyl sites for hydroxylation is 1. The van der Waals surface area contributed by atoms with Crippen LogP contribution in [0.15, 0.2) is 30.3 Å². The average Bonchev–Trinajstić information content (AvgIpc) is 2.24. The van der Waals surface area contributed by atoms with Crippen LogP contribution in [0, 0.1) is 0 Å². The van der Waals surface area contributed by atoms with E-state index in [2.05, 4.69) is 0 Å². The zero-order chi connectivity index (χ0) is 14.0. The van der Waals surface area contributed by atoms with Gasteiger partial charge in [-0.2, -0.15) is 0 Å². The van der Waals surface area contributed by atoms with Crippen LogP contribution in [-0.4, -0.2) is 24.6 Å². The van der Waals surface area contributed by atoms with Gasteiger partial charge in [0, 0.05) is 0 Å². The molecule has 0 aliphatic carbocycles. The first-order valence-electron chi connectivity index (χ1n) is 5.02. The maximum atomic E-state index is 11.2. The molecule has 0 bridgehead atoms. The number of rotatable bonds is 5. The van der Waals surface area contributed by atoms with Gasteiger partial charge in [0.1, 0.15) is 0 Å². The second-order valence-corrected chi connectivity index (χ2v) is 8.08. The predicted octanol–water partition coefficient (Wildman–Crippen LogP) is 0.587. The highest BCUT2D eigenvalue weighted by atomic mass is 31.2. The van der Waals surface area contributed by atoms with Crippen molar-refractivity contribution in [2.45, 2.75) is 17.9 Å². The van der Waals surface area contributed by atoms with Gasteiger partial charge in [-0.05, 0) is 18.4 Å². The molecule has 0 unspecified atom stereocenters. The van der Waals surface area contributed by atoms with Crippen molar-refractivity contribution < 1.29 is 28.7 Å². The second-order valence-electron chi connectivity index (χ2n) is 3.95. The number of benzene rings is 1. The van der Waals surface area contributed by atoms with Crippen LogP contribution in [0.1, 0.15) is 12.0 Å². The smallest absolute Gasteiger partial charge is 0.323 e. The average molecular weight is 295 g/mol. The quantitative estimate of drug-likeness (QED) is 0.500. The van der Waals surface area contributed by atoms with Crippen LogP contribution in [0.5, 0.6) is 0 Å². The molecule has 0 amide bonds. The topological polar surface area (TPSA) is 141 Å². The highest BCUT2D eigenvalue weighted by Gasteiger charge is 2.56. The Kier molecular flexibility index (Phi) is 4.51. The van der Waals surface area contributed by atoms with Crippen LogP contribution in [0.4, 0.5) is 0 Å². The molecular weight excluding hydrogens is 280 g/mol. The maximum Gasteiger partial charge on any atom is 0.357 e. The van der Waals surface area contributed by atoms with E-state index in [0.29, 0.717) is 5.56 Å². The molecule has 18 heavy (non-hydrogen) atoms. The molecule has 0 heterocycles. The van der Waals surface area contributed by atoms with Crippen LogP contribution < -0.4 is 5.73 Å². The van der Waals surface area contributed by atoms with Crippen LogP contribution in [0.2, 0.25) is 0 Å². The van der Waals surface area contributed by atoms with E-state index in [-0.39, 0.29) is 6.42 Å². The molecule has 0 fully saturated rings. The first-order valence-corrected chi connectivity index (χ1v) is 8.24. The largest absolute Gasteiger partial charge is 0.357 e. The Balaban J connectivity index is 2.96. The summed E-state index contributed by atoms with van der Waals surface area (Å²) >= 11 is 0. The Morgan fingerprint density at radius 3 is 1.83 bits per heavy atom. The molecule has 9 heteroatoms. The van der Waals surface area contributed by atoms with Gasteiger partial charge in [0.25, 0.3) is 0 Å². The summed E-state index contributed by atoms with van der Waals surface area (Å²) in [6, 6.07) is 8.54. The summed E-state index contributed by atoms with van der Waals surface area (Å²) in [6.07, 6.45) is -0.445. The first-order chi connectivity index (χ1) is 8.08. The molecule has 1 aromatic rings. The molecule has 0 saturated carbocycles. The third-order valence-corrected chi connectivity index (χ3v) is 6.66. The van der Waals surface area contributed by atoms with Gasteiger partial charge in [0.05, 0.1) is 0 Å². The van der Waals surface area contributed by atoms with Crippen molar-refractivity contribution in [1.82, 2.24) is 0 Å². The minimum Gasteiger partial charge on any atom is -0.323 e. The molecule has 0 aliphatic heterocycles. The minimum atomic E-state index is -5.13. The van der Waals surface area contributed by atoms with E-state index in [4.69, 9.17) is 25.3 Å². The third-order valence-electron chi connectivity index (χ3n) is 2.63. The highest BCUT2D eigenvalue weighted by molar-refractivity contribution is 7.72. The summed E-state index contributed by atoms with van der Waals surface area (Å²) in [6.45, 7) is 0. The van der Waals surface area contributed by atoms with Gasteiger partial charge in [-0.1, -0.05) is 30.3 Å². The normalized spacial score (nSPS) is 13.6. The van der Waals surface area contributed by atoms with Crippen molar-refractivity contribution >= 4 is 15.2 Å². The van der Waals surface area contributed by atoms with E-state index in [1.807, 2.05) is 0 Å². The summed E-state index contributed by atoms with van der Waals surface area (Å²) in [5, 5.41) is -2.84. The molecule has 0 atom stereocenters. The third kappa shape index (κ3) is 3.28. The fourth-order valence-corrected chi connectivity index (χ4v) is 3.60. The Hall–Kier alpha value is -0.520. The van der Waals surface area contributed by atoms with E-state index in [9.17, 15) is 9.13 Å². The van der Waals surface area contributed by atoms with Gasteiger partial charge in [-0.3, -0.25) is 9.13 Å². The monoisotopic (exact) mass is 295 g/mol. The van der Waals surface area contributed by atoms with Gasteiger partial charge >= 0.3 is 15.2 Å². The molecular formula is C9H15NO6P2. The Morgan fingerprint density at radius 2 is 1.44 bits per heavy atom. The highest BCUT2D eigenvalue weighted by Crippen LogP contribution is 2.67. The maximum absolute atomic E-state index is 11.2. The lowest BCUT2D eigenvalue weighted by Gasteiger charge is -2.30. The van der Waals surface area contributed by atoms with E-state index in [1.165, 1.54) is 0 Å². The molecule has 6 N–H and O–H groups in total. The second kappa shape index (κ2) is 5.23. The van der Waals surface area contributed by atoms with E-state index >= 15 is 0 Å². The SMILES string of the molecule is NC(CCc1ccccc1)(P(=O)(O)O)P(=O)(O)O. The van der Waals surface area contributed by atoms with Crippen LogP contribution in [0.3, 0.4) is 0 Å². The van der Waals surface area contributed by atoms with Gasteiger partial charge in [0.2, 0.25) is 5.02 Å². The summed E-state index contributed by atoms with van der Waals surface area (Å²) < 4.78 is 22.4. The lowest BCUT2D eigenvalue weighted by molar-refractivity contribution is 0.303. The number of hydrogen-bond acceptors (Lipinski definition) is 3. The number of hydrogen-bond donors (Lipinski definition) is 5. The van der Waals surface area contributed by atoms with Crippen molar-refractivity contribution in [3.8, 4) is 0 Å². The summed E-state index contributed by atoms with van der Waals surface area (Å²) in [7, 11) is -10.3. The van der Waals surface area contributed by atoms with Crippen molar-refractivity contribution in [3.05, 3.63) is 35.9 Å². The lowest BCUT2D eigenvalue weighted by atomic mass is 10.1. The minimum absolute atomic E-state index is 0.0631. The summed E-state index contributed by atoms with van der Waals surface area (Å²) in [5.41, 5.74) is 5.96. The van der Waals surface area contributed by atoms with Gasteiger partial charge in [0.15, 0.2) is 0 Å². The van der Waals surface area contributed by atoms with Crippen molar-refractivity contribution in [1.29, 1.82) is 0 Å². The predicted molar refractivity (Wildman–Crippen MR) is 65.8 cm³/mol. The van der Waals surface area contributed by atoms with Crippen molar-refractivity contribution in [2.24, 2.45) is 5.73 Å². The zero-order valence-electron chi connectivity index (χ0n) is 9.38. The molecule has 7 nitrogen and oxygen atoms in total. The van der Waals surface area contributed by atoms with Gasteiger partial charge in [-0.25, -0.2) is 0 Å². The molecule has 1 rings (SSSR count). The van der Waals surface area contributed by atoms with Crippen molar-refractivity contribution in [2.75, 3.05) is 0 Å².